The summed E-state index contributed by atoms with van der Waals surface area (Å²) in [6, 6.07) is 15.1. The highest BCUT2D eigenvalue weighted by molar-refractivity contribution is 5.83. The number of nitrogens with one attached hydrogen (secondary N) is 1. The summed E-state index contributed by atoms with van der Waals surface area (Å²) in [6.07, 6.45) is 0. The molecule has 0 atom stereocenters. The van der Waals surface area contributed by atoms with Crippen molar-refractivity contribution in [3.05, 3.63) is 59.2 Å². The smallest absolute Gasteiger partial charge is 0.198 e. The molecule has 2 aromatic carbocycles. The molecule has 0 saturated carbocycles. The summed E-state index contributed by atoms with van der Waals surface area (Å²) in [4.78, 5) is 0. The normalized spacial score (nSPS) is 12.6. The van der Waals surface area contributed by atoms with Crippen molar-refractivity contribution in [1.82, 2.24) is 0 Å². The molecule has 0 amide bonds. The molecule has 0 spiro atoms. The maximum absolute atomic E-state index is 6.05. The van der Waals surface area contributed by atoms with E-state index in [-0.39, 0.29) is 10.8 Å². The van der Waals surface area contributed by atoms with Crippen LogP contribution in [0.1, 0.15) is 58.2 Å². The third-order valence-electron chi connectivity index (χ3n) is 4.74. The second-order valence-corrected chi connectivity index (χ2v) is 9.02. The van der Waals surface area contributed by atoms with Crippen molar-refractivity contribution in [2.45, 2.75) is 59.3 Å². The number of hydrogen-bond acceptors (Lipinski definition) is 2. The number of anilines is 2. The lowest BCUT2D eigenvalue weighted by atomic mass is 9.86. The van der Waals surface area contributed by atoms with Crippen molar-refractivity contribution in [3.63, 3.8) is 0 Å². The molecule has 3 aromatic rings. The Morgan fingerprint density at radius 2 is 1.36 bits per heavy atom. The van der Waals surface area contributed by atoms with Crippen LogP contribution in [0.3, 0.4) is 0 Å². The average molecular weight is 335 g/mol. The Labute approximate surface area is 151 Å². The van der Waals surface area contributed by atoms with Crippen molar-refractivity contribution in [2.75, 3.05) is 5.32 Å². The van der Waals surface area contributed by atoms with Gasteiger partial charge in [-0.25, -0.2) is 0 Å². The van der Waals surface area contributed by atoms with Crippen LogP contribution in [0.2, 0.25) is 0 Å². The van der Waals surface area contributed by atoms with Gasteiger partial charge >= 0.3 is 0 Å². The summed E-state index contributed by atoms with van der Waals surface area (Å²) in [7, 11) is 0. The first-order valence-corrected chi connectivity index (χ1v) is 8.96. The fraction of sp³-hybridized carbons (Fsp3) is 0.391. The summed E-state index contributed by atoms with van der Waals surface area (Å²) in [6.45, 7) is 15.5. The molecular formula is C23H29NO. The Balaban J connectivity index is 1.91. The largest absolute Gasteiger partial charge is 0.440 e. The van der Waals surface area contributed by atoms with Gasteiger partial charge < -0.3 is 9.73 Å². The van der Waals surface area contributed by atoms with Gasteiger partial charge in [0, 0.05) is 17.1 Å². The van der Waals surface area contributed by atoms with Gasteiger partial charge in [-0.2, -0.15) is 0 Å². The van der Waals surface area contributed by atoms with E-state index in [1.165, 1.54) is 16.7 Å². The lowest BCUT2D eigenvalue weighted by Gasteiger charge is -2.20. The fourth-order valence-electron chi connectivity index (χ4n) is 2.96. The standard InChI is InChI=1S/C23H29NO/c1-15-12-17(22(2,3)4)10-11-19(15)24-21-13-16-8-9-18(23(5,6)7)14-20(16)25-21/h8-14,24H,1-7H3. The number of rotatable bonds is 2. The first-order valence-electron chi connectivity index (χ1n) is 8.96. The van der Waals surface area contributed by atoms with Crippen LogP contribution < -0.4 is 5.32 Å². The van der Waals surface area contributed by atoms with Crippen LogP contribution in [-0.4, -0.2) is 0 Å². The molecule has 132 valence electrons. The van der Waals surface area contributed by atoms with Crippen molar-refractivity contribution < 1.29 is 4.42 Å². The Kier molecular flexibility index (Phi) is 4.18. The van der Waals surface area contributed by atoms with E-state index in [0.717, 1.165) is 22.5 Å². The zero-order chi connectivity index (χ0) is 18.4. The molecule has 1 aromatic heterocycles. The number of hydrogen-bond donors (Lipinski definition) is 1. The van der Waals surface area contributed by atoms with E-state index in [0.29, 0.717) is 0 Å². The van der Waals surface area contributed by atoms with Crippen molar-refractivity contribution in [2.24, 2.45) is 0 Å². The van der Waals surface area contributed by atoms with E-state index in [4.69, 9.17) is 4.42 Å². The van der Waals surface area contributed by atoms with E-state index in [9.17, 15) is 0 Å². The number of aryl methyl sites for hydroxylation is 1. The molecule has 0 radical (unpaired) electrons. The molecule has 0 aliphatic carbocycles. The third-order valence-corrected chi connectivity index (χ3v) is 4.74. The van der Waals surface area contributed by atoms with E-state index in [1.54, 1.807) is 0 Å². The SMILES string of the molecule is Cc1cc(C(C)(C)C)ccc1Nc1cc2ccc(C(C)(C)C)cc2o1. The molecule has 0 saturated heterocycles. The molecular weight excluding hydrogens is 306 g/mol. The summed E-state index contributed by atoms with van der Waals surface area (Å²) in [5.41, 5.74) is 6.15. The lowest BCUT2D eigenvalue weighted by Crippen LogP contribution is -2.11. The second kappa shape index (κ2) is 5.94. The van der Waals surface area contributed by atoms with Crippen LogP contribution in [0.15, 0.2) is 46.9 Å². The van der Waals surface area contributed by atoms with Crippen molar-refractivity contribution in [3.8, 4) is 0 Å². The minimum absolute atomic E-state index is 0.119. The molecule has 0 aliphatic heterocycles. The number of benzene rings is 2. The van der Waals surface area contributed by atoms with E-state index in [2.05, 4.69) is 96.2 Å². The zero-order valence-electron chi connectivity index (χ0n) is 16.4. The van der Waals surface area contributed by atoms with Crippen LogP contribution in [0.5, 0.6) is 0 Å². The molecule has 2 heteroatoms. The van der Waals surface area contributed by atoms with Crippen LogP contribution in [-0.2, 0) is 10.8 Å². The van der Waals surface area contributed by atoms with Gasteiger partial charge in [0.1, 0.15) is 5.58 Å². The van der Waals surface area contributed by atoms with Gasteiger partial charge in [0.25, 0.3) is 0 Å². The molecule has 2 nitrogen and oxygen atoms in total. The van der Waals surface area contributed by atoms with Crippen LogP contribution >= 0.6 is 0 Å². The minimum Gasteiger partial charge on any atom is -0.440 e. The Morgan fingerprint density at radius 1 is 0.760 bits per heavy atom. The second-order valence-electron chi connectivity index (χ2n) is 9.02. The van der Waals surface area contributed by atoms with Gasteiger partial charge in [-0.3, -0.25) is 0 Å². The van der Waals surface area contributed by atoms with Crippen molar-refractivity contribution in [1.29, 1.82) is 0 Å². The Hall–Kier alpha value is -2.22. The van der Waals surface area contributed by atoms with E-state index in [1.807, 2.05) is 0 Å². The Bertz CT molecular complexity index is 904. The zero-order valence-corrected chi connectivity index (χ0v) is 16.4. The van der Waals surface area contributed by atoms with Gasteiger partial charge in [-0.15, -0.1) is 0 Å². The molecule has 25 heavy (non-hydrogen) atoms. The first kappa shape index (κ1) is 17.6. The molecule has 0 fully saturated rings. The highest BCUT2D eigenvalue weighted by Crippen LogP contribution is 2.32. The highest BCUT2D eigenvalue weighted by atomic mass is 16.3. The van der Waals surface area contributed by atoms with E-state index >= 15 is 0 Å². The number of fused-ring (bicyclic) bond motifs is 1. The highest BCUT2D eigenvalue weighted by Gasteiger charge is 2.16. The maximum Gasteiger partial charge on any atom is 0.198 e. The van der Waals surface area contributed by atoms with E-state index < -0.39 is 0 Å². The summed E-state index contributed by atoms with van der Waals surface area (Å²) in [5.74, 6) is 0.785. The number of furan rings is 1. The first-order chi connectivity index (χ1) is 11.5. The Morgan fingerprint density at radius 3 is 1.96 bits per heavy atom. The maximum atomic E-state index is 6.05. The fourth-order valence-corrected chi connectivity index (χ4v) is 2.96. The third kappa shape index (κ3) is 3.73. The quantitative estimate of drug-likeness (QED) is 0.541. The van der Waals surface area contributed by atoms with Crippen LogP contribution in [0.4, 0.5) is 11.6 Å². The molecule has 0 aliphatic rings. The van der Waals surface area contributed by atoms with Gasteiger partial charge in [-0.1, -0.05) is 65.8 Å². The topological polar surface area (TPSA) is 25.2 Å². The lowest BCUT2D eigenvalue weighted by molar-refractivity contribution is 0.585. The monoisotopic (exact) mass is 335 g/mol. The van der Waals surface area contributed by atoms with Gasteiger partial charge in [0.15, 0.2) is 5.88 Å². The summed E-state index contributed by atoms with van der Waals surface area (Å²) in [5, 5.41) is 4.56. The summed E-state index contributed by atoms with van der Waals surface area (Å²) < 4.78 is 6.05. The minimum atomic E-state index is 0.119. The molecule has 1 N–H and O–H groups in total. The predicted molar refractivity (Wildman–Crippen MR) is 108 cm³/mol. The average Bonchev–Trinajstić information content (AvgIpc) is 2.88. The van der Waals surface area contributed by atoms with Crippen LogP contribution in [0, 0.1) is 6.92 Å². The molecule has 0 bridgehead atoms. The molecule has 1 heterocycles. The summed E-state index contributed by atoms with van der Waals surface area (Å²) >= 11 is 0. The van der Waals surface area contributed by atoms with Crippen LogP contribution in [0.25, 0.3) is 11.0 Å². The van der Waals surface area contributed by atoms with Crippen molar-refractivity contribution >= 4 is 22.5 Å². The van der Waals surface area contributed by atoms with Gasteiger partial charge in [0.05, 0.1) is 0 Å². The van der Waals surface area contributed by atoms with Gasteiger partial charge in [0.2, 0.25) is 0 Å². The molecule has 3 rings (SSSR count). The van der Waals surface area contributed by atoms with Gasteiger partial charge in [-0.05, 0) is 46.6 Å². The molecule has 0 unspecified atom stereocenters. The predicted octanol–water partition coefficient (Wildman–Crippen LogP) is 7.08.